The van der Waals surface area contributed by atoms with Crippen LogP contribution < -0.4 is 5.32 Å². The third kappa shape index (κ3) is 0.983. The van der Waals surface area contributed by atoms with Crippen molar-refractivity contribution in [1.29, 1.82) is 0 Å². The maximum atomic E-state index is 11.2. The molecule has 1 aliphatic heterocycles. The molecule has 0 aromatic rings. The van der Waals surface area contributed by atoms with E-state index in [0.29, 0.717) is 5.71 Å². The summed E-state index contributed by atoms with van der Waals surface area (Å²) in [5.74, 6) is 0.161. The minimum atomic E-state index is -0.0931. The van der Waals surface area contributed by atoms with E-state index in [0.717, 1.165) is 19.3 Å². The van der Waals surface area contributed by atoms with Crippen molar-refractivity contribution < 1.29 is 9.63 Å². The topological polar surface area (TPSA) is 50.7 Å². The van der Waals surface area contributed by atoms with Gasteiger partial charge in [-0.3, -0.25) is 4.79 Å². The van der Waals surface area contributed by atoms with E-state index < -0.39 is 0 Å². The summed E-state index contributed by atoms with van der Waals surface area (Å²) in [4.78, 5) is 16.4. The van der Waals surface area contributed by atoms with Gasteiger partial charge >= 0.3 is 0 Å². The number of fused-ring (bicyclic) bond motifs is 1. The van der Waals surface area contributed by atoms with Crippen LogP contribution in [-0.4, -0.2) is 24.8 Å². The van der Waals surface area contributed by atoms with Crippen LogP contribution in [0.5, 0.6) is 0 Å². The summed E-state index contributed by atoms with van der Waals surface area (Å²) in [7, 11) is 1.62. The maximum Gasteiger partial charge on any atom is 0.269 e. The Kier molecular flexibility index (Phi) is 1.75. The number of rotatable bonds is 1. The summed E-state index contributed by atoms with van der Waals surface area (Å²) >= 11 is 0. The molecule has 0 spiro atoms. The number of oxime groups is 1. The zero-order valence-electron chi connectivity index (χ0n) is 7.04. The van der Waals surface area contributed by atoms with Crippen molar-refractivity contribution in [1.82, 2.24) is 5.32 Å². The van der Waals surface area contributed by atoms with Gasteiger partial charge < -0.3 is 10.2 Å². The van der Waals surface area contributed by atoms with Crippen LogP contribution in [0.25, 0.3) is 0 Å². The van der Waals surface area contributed by atoms with Gasteiger partial charge in [-0.05, 0) is 19.3 Å². The second-order valence-corrected chi connectivity index (χ2v) is 3.24. The van der Waals surface area contributed by atoms with Gasteiger partial charge in [0.15, 0.2) is 5.71 Å². The van der Waals surface area contributed by atoms with Crippen LogP contribution in [0, 0.1) is 5.92 Å². The van der Waals surface area contributed by atoms with E-state index in [1.165, 1.54) is 0 Å². The highest BCUT2D eigenvalue weighted by atomic mass is 16.6. The number of carbonyl (C=O) groups is 1. The van der Waals surface area contributed by atoms with Gasteiger partial charge in [-0.1, -0.05) is 5.16 Å². The second kappa shape index (κ2) is 2.77. The van der Waals surface area contributed by atoms with Crippen molar-refractivity contribution in [2.45, 2.75) is 25.4 Å². The number of amides is 1. The Labute approximate surface area is 71.0 Å². The Morgan fingerprint density at radius 2 is 2.50 bits per heavy atom. The number of hydrogen-bond acceptors (Lipinski definition) is 3. The van der Waals surface area contributed by atoms with Crippen molar-refractivity contribution in [3.63, 3.8) is 0 Å². The van der Waals surface area contributed by atoms with Gasteiger partial charge in [0.05, 0.1) is 0 Å². The molecule has 1 amide bonds. The predicted octanol–water partition coefficient (Wildman–Crippen LogP) is 0.287. The van der Waals surface area contributed by atoms with Gasteiger partial charge in [-0.15, -0.1) is 0 Å². The Balaban J connectivity index is 2.12. The van der Waals surface area contributed by atoms with Crippen molar-refractivity contribution in [2.24, 2.45) is 11.1 Å². The van der Waals surface area contributed by atoms with Crippen molar-refractivity contribution in [3.05, 3.63) is 0 Å². The Bertz CT molecular complexity index is 237. The summed E-state index contributed by atoms with van der Waals surface area (Å²) in [5.41, 5.74) is 0.583. The van der Waals surface area contributed by atoms with E-state index in [1.54, 1.807) is 7.05 Å². The average molecular weight is 168 g/mol. The molecule has 0 aromatic carbocycles. The zero-order chi connectivity index (χ0) is 8.55. The summed E-state index contributed by atoms with van der Waals surface area (Å²) in [6, 6.07) is 0. The van der Waals surface area contributed by atoms with Crippen LogP contribution >= 0.6 is 0 Å². The van der Waals surface area contributed by atoms with E-state index in [2.05, 4.69) is 10.5 Å². The smallest absolute Gasteiger partial charge is 0.269 e. The lowest BCUT2D eigenvalue weighted by atomic mass is 10.00. The van der Waals surface area contributed by atoms with Crippen LogP contribution in [-0.2, 0) is 9.63 Å². The third-order valence-electron chi connectivity index (χ3n) is 2.55. The molecule has 66 valence electrons. The standard InChI is InChI=1S/C8H12N2O2/c1-9-8(11)7-5-3-2-4-6(5)12-10-7/h5-6H,2-4H2,1H3,(H,9,11). The lowest BCUT2D eigenvalue weighted by Crippen LogP contribution is -2.32. The Morgan fingerprint density at radius 3 is 3.25 bits per heavy atom. The molecular weight excluding hydrogens is 156 g/mol. The zero-order valence-corrected chi connectivity index (χ0v) is 7.04. The summed E-state index contributed by atoms with van der Waals surface area (Å²) in [5, 5.41) is 6.37. The molecule has 1 aliphatic carbocycles. The molecule has 0 saturated heterocycles. The fraction of sp³-hybridized carbons (Fsp3) is 0.750. The fourth-order valence-electron chi connectivity index (χ4n) is 1.90. The highest BCUT2D eigenvalue weighted by Crippen LogP contribution is 2.33. The van der Waals surface area contributed by atoms with Gasteiger partial charge in [0.25, 0.3) is 5.91 Å². The molecule has 2 atom stereocenters. The van der Waals surface area contributed by atoms with Crippen LogP contribution in [0.15, 0.2) is 5.16 Å². The highest BCUT2D eigenvalue weighted by molar-refractivity contribution is 6.39. The SMILES string of the molecule is CNC(=O)C1=NOC2CCCC12. The van der Waals surface area contributed by atoms with Crippen molar-refractivity contribution >= 4 is 11.6 Å². The van der Waals surface area contributed by atoms with Gasteiger partial charge in [0, 0.05) is 13.0 Å². The Hall–Kier alpha value is -1.06. The molecule has 1 fully saturated rings. The fourth-order valence-corrected chi connectivity index (χ4v) is 1.90. The van der Waals surface area contributed by atoms with Crippen LogP contribution in [0.3, 0.4) is 0 Å². The molecule has 0 bridgehead atoms. The van der Waals surface area contributed by atoms with E-state index in [9.17, 15) is 4.79 Å². The molecule has 2 unspecified atom stereocenters. The van der Waals surface area contributed by atoms with E-state index in [-0.39, 0.29) is 17.9 Å². The minimum Gasteiger partial charge on any atom is -0.391 e. The lowest BCUT2D eigenvalue weighted by molar-refractivity contribution is -0.114. The first-order valence-corrected chi connectivity index (χ1v) is 4.28. The Morgan fingerprint density at radius 1 is 1.67 bits per heavy atom. The van der Waals surface area contributed by atoms with Crippen LogP contribution in [0.1, 0.15) is 19.3 Å². The normalized spacial score (nSPS) is 32.2. The second-order valence-electron chi connectivity index (χ2n) is 3.24. The largest absolute Gasteiger partial charge is 0.391 e. The summed E-state index contributed by atoms with van der Waals surface area (Å²) < 4.78 is 0. The quantitative estimate of drug-likeness (QED) is 0.611. The van der Waals surface area contributed by atoms with Gasteiger partial charge in [-0.25, -0.2) is 0 Å². The van der Waals surface area contributed by atoms with Gasteiger partial charge in [0.1, 0.15) is 6.10 Å². The number of nitrogens with zero attached hydrogens (tertiary/aromatic N) is 1. The molecule has 4 heteroatoms. The van der Waals surface area contributed by atoms with Gasteiger partial charge in [0.2, 0.25) is 0 Å². The van der Waals surface area contributed by atoms with Crippen LogP contribution in [0.4, 0.5) is 0 Å². The number of nitrogens with one attached hydrogen (secondary N) is 1. The number of carbonyl (C=O) groups excluding carboxylic acids is 1. The molecular formula is C8H12N2O2. The van der Waals surface area contributed by atoms with Crippen LogP contribution in [0.2, 0.25) is 0 Å². The third-order valence-corrected chi connectivity index (χ3v) is 2.55. The molecule has 2 aliphatic rings. The van der Waals surface area contributed by atoms with Gasteiger partial charge in [-0.2, -0.15) is 0 Å². The number of hydrogen-bond donors (Lipinski definition) is 1. The van der Waals surface area contributed by atoms with E-state index in [4.69, 9.17) is 4.84 Å². The molecule has 1 heterocycles. The molecule has 12 heavy (non-hydrogen) atoms. The molecule has 1 N–H and O–H groups in total. The molecule has 2 rings (SSSR count). The average Bonchev–Trinajstić information content (AvgIpc) is 2.62. The first-order valence-electron chi connectivity index (χ1n) is 4.28. The predicted molar refractivity (Wildman–Crippen MR) is 43.7 cm³/mol. The first-order chi connectivity index (χ1) is 5.83. The summed E-state index contributed by atoms with van der Waals surface area (Å²) in [6.07, 6.45) is 3.40. The van der Waals surface area contributed by atoms with E-state index in [1.807, 2.05) is 0 Å². The van der Waals surface area contributed by atoms with E-state index >= 15 is 0 Å². The maximum absolute atomic E-state index is 11.2. The molecule has 0 radical (unpaired) electrons. The monoisotopic (exact) mass is 168 g/mol. The molecule has 4 nitrogen and oxygen atoms in total. The lowest BCUT2D eigenvalue weighted by Gasteiger charge is -2.06. The van der Waals surface area contributed by atoms with Crippen molar-refractivity contribution in [2.75, 3.05) is 7.05 Å². The highest BCUT2D eigenvalue weighted by Gasteiger charge is 2.40. The molecule has 0 aromatic heterocycles. The van der Waals surface area contributed by atoms with Crippen molar-refractivity contribution in [3.8, 4) is 0 Å². The summed E-state index contributed by atoms with van der Waals surface area (Å²) in [6.45, 7) is 0. The minimum absolute atomic E-state index is 0.0931. The first kappa shape index (κ1) is 7.58. The molecule has 1 saturated carbocycles.